The summed E-state index contributed by atoms with van der Waals surface area (Å²) in [6.07, 6.45) is 0.571. The Morgan fingerprint density at radius 1 is 1.38 bits per heavy atom. The second-order valence-electron chi connectivity index (χ2n) is 4.84. The molecule has 1 aromatic carbocycles. The first-order chi connectivity index (χ1) is 9.90. The Balaban J connectivity index is 2.87. The Morgan fingerprint density at radius 3 is 2.71 bits per heavy atom. The number of nitrogens with one attached hydrogen (secondary N) is 2. The molecule has 0 radical (unpaired) electrons. The summed E-state index contributed by atoms with van der Waals surface area (Å²) in [6.45, 7) is 5.11. The molecule has 1 unspecified atom stereocenters. The third kappa shape index (κ3) is 5.70. The van der Waals surface area contributed by atoms with E-state index in [-0.39, 0.29) is 10.9 Å². The van der Waals surface area contributed by atoms with Gasteiger partial charge in [0, 0.05) is 31.9 Å². The number of hydrogen-bond donors (Lipinski definition) is 2. The van der Waals surface area contributed by atoms with Gasteiger partial charge in [-0.2, -0.15) is 0 Å². The lowest BCUT2D eigenvalue weighted by atomic mass is 10.2. The molecular formula is C14H23FN2O3S. The zero-order valence-electron chi connectivity index (χ0n) is 12.6. The molecule has 0 spiro atoms. The molecule has 0 fully saturated rings. The Hall–Kier alpha value is -1.02. The van der Waals surface area contributed by atoms with Crippen molar-refractivity contribution in [2.45, 2.75) is 37.8 Å². The predicted molar refractivity (Wildman–Crippen MR) is 80.1 cm³/mol. The highest BCUT2D eigenvalue weighted by atomic mass is 32.2. The highest BCUT2D eigenvalue weighted by molar-refractivity contribution is 7.89. The van der Waals surface area contributed by atoms with Gasteiger partial charge in [0.25, 0.3) is 0 Å². The van der Waals surface area contributed by atoms with Crippen molar-refractivity contribution < 1.29 is 17.5 Å². The smallest absolute Gasteiger partial charge is 0.240 e. The lowest BCUT2D eigenvalue weighted by molar-refractivity contribution is 0.188. The molecule has 7 heteroatoms. The molecule has 0 bridgehead atoms. The molecule has 1 aromatic rings. The molecule has 2 N–H and O–H groups in total. The second-order valence-corrected chi connectivity index (χ2v) is 6.55. The number of ether oxygens (including phenoxy) is 1. The van der Waals surface area contributed by atoms with Crippen LogP contribution in [-0.4, -0.2) is 34.7 Å². The Labute approximate surface area is 125 Å². The van der Waals surface area contributed by atoms with E-state index in [1.807, 2.05) is 6.92 Å². The van der Waals surface area contributed by atoms with Crippen LogP contribution in [0, 0.1) is 5.82 Å². The van der Waals surface area contributed by atoms with Crippen LogP contribution in [0.15, 0.2) is 23.1 Å². The lowest BCUT2D eigenvalue weighted by Crippen LogP contribution is -2.33. The van der Waals surface area contributed by atoms with Gasteiger partial charge in [0.1, 0.15) is 5.82 Å². The van der Waals surface area contributed by atoms with Crippen LogP contribution in [0.4, 0.5) is 4.39 Å². The first kappa shape index (κ1) is 18.0. The van der Waals surface area contributed by atoms with Crippen molar-refractivity contribution in [1.29, 1.82) is 0 Å². The highest BCUT2D eigenvalue weighted by Gasteiger charge is 2.18. The minimum Gasteiger partial charge on any atom is -0.385 e. The quantitative estimate of drug-likeness (QED) is 0.726. The lowest BCUT2D eigenvalue weighted by Gasteiger charge is -2.14. The molecule has 0 aliphatic rings. The van der Waals surface area contributed by atoms with Gasteiger partial charge in [0.15, 0.2) is 0 Å². The average Bonchev–Trinajstić information content (AvgIpc) is 2.43. The fourth-order valence-corrected chi connectivity index (χ4v) is 3.13. The molecule has 0 amide bonds. The van der Waals surface area contributed by atoms with E-state index < -0.39 is 15.8 Å². The molecule has 0 aliphatic heterocycles. The van der Waals surface area contributed by atoms with E-state index in [9.17, 15) is 12.8 Å². The van der Waals surface area contributed by atoms with E-state index in [4.69, 9.17) is 4.74 Å². The van der Waals surface area contributed by atoms with E-state index in [1.54, 1.807) is 14.0 Å². The van der Waals surface area contributed by atoms with Gasteiger partial charge in [0.2, 0.25) is 10.0 Å². The van der Waals surface area contributed by atoms with Gasteiger partial charge in [0.05, 0.1) is 4.90 Å². The van der Waals surface area contributed by atoms with Gasteiger partial charge in [-0.1, -0.05) is 6.92 Å². The van der Waals surface area contributed by atoms with Gasteiger partial charge in [-0.15, -0.1) is 0 Å². The van der Waals surface area contributed by atoms with Gasteiger partial charge in [-0.05, 0) is 38.1 Å². The van der Waals surface area contributed by atoms with Crippen LogP contribution in [0.1, 0.15) is 25.8 Å². The molecule has 0 aromatic heterocycles. The van der Waals surface area contributed by atoms with Crippen LogP contribution < -0.4 is 10.0 Å². The fraction of sp³-hybridized carbons (Fsp3) is 0.571. The topological polar surface area (TPSA) is 67.4 Å². The van der Waals surface area contributed by atoms with Crippen molar-refractivity contribution in [2.75, 3.05) is 20.3 Å². The summed E-state index contributed by atoms with van der Waals surface area (Å²) in [4.78, 5) is 0.0704. The maximum Gasteiger partial charge on any atom is 0.240 e. The van der Waals surface area contributed by atoms with Gasteiger partial charge >= 0.3 is 0 Å². The Kier molecular flexibility index (Phi) is 7.24. The number of benzene rings is 1. The first-order valence-electron chi connectivity index (χ1n) is 6.91. The molecule has 120 valence electrons. The molecule has 0 saturated heterocycles. The van der Waals surface area contributed by atoms with Gasteiger partial charge in [-0.3, -0.25) is 0 Å². The zero-order valence-corrected chi connectivity index (χ0v) is 13.5. The van der Waals surface area contributed by atoms with Crippen LogP contribution in [0.3, 0.4) is 0 Å². The zero-order chi connectivity index (χ0) is 15.9. The van der Waals surface area contributed by atoms with Crippen molar-refractivity contribution >= 4 is 10.0 Å². The summed E-state index contributed by atoms with van der Waals surface area (Å²) in [5, 5.41) is 2.98. The summed E-state index contributed by atoms with van der Waals surface area (Å²) in [6, 6.07) is 3.57. The predicted octanol–water partition coefficient (Wildman–Crippen LogP) is 1.64. The number of halogens is 1. The van der Waals surface area contributed by atoms with Crippen LogP contribution in [0.5, 0.6) is 0 Å². The van der Waals surface area contributed by atoms with E-state index in [0.717, 1.165) is 0 Å². The fourth-order valence-electron chi connectivity index (χ4n) is 1.80. The average molecular weight is 318 g/mol. The van der Waals surface area contributed by atoms with Crippen molar-refractivity contribution in [3.8, 4) is 0 Å². The number of hydrogen-bond acceptors (Lipinski definition) is 4. The summed E-state index contributed by atoms with van der Waals surface area (Å²) < 4.78 is 45.6. The Morgan fingerprint density at radius 2 is 2.10 bits per heavy atom. The normalized spacial score (nSPS) is 13.3. The minimum absolute atomic E-state index is 0.0704. The van der Waals surface area contributed by atoms with Crippen molar-refractivity contribution in [3.05, 3.63) is 29.6 Å². The molecular weight excluding hydrogens is 295 g/mol. The summed E-state index contributed by atoms with van der Waals surface area (Å²) in [5.74, 6) is -0.415. The molecule has 5 nitrogen and oxygen atoms in total. The van der Waals surface area contributed by atoms with Crippen molar-refractivity contribution in [3.63, 3.8) is 0 Å². The second kappa shape index (κ2) is 8.43. The Bertz CT molecular complexity index is 549. The largest absolute Gasteiger partial charge is 0.385 e. The monoisotopic (exact) mass is 318 g/mol. The standard InChI is InChI=1S/C14H23FN2O3S/c1-4-16-10-12-9-13(5-6-14(12)15)21(18,19)17-11(2)7-8-20-3/h5-6,9,11,16-17H,4,7-8,10H2,1-3H3. The minimum atomic E-state index is -3.65. The SMILES string of the molecule is CCNCc1cc(S(=O)(=O)NC(C)CCOC)ccc1F. The third-order valence-corrected chi connectivity index (χ3v) is 4.59. The molecule has 0 aliphatic carbocycles. The van der Waals surface area contributed by atoms with Crippen LogP contribution >= 0.6 is 0 Å². The van der Waals surface area contributed by atoms with Crippen molar-refractivity contribution in [1.82, 2.24) is 10.0 Å². The highest BCUT2D eigenvalue weighted by Crippen LogP contribution is 2.16. The first-order valence-corrected chi connectivity index (χ1v) is 8.39. The molecule has 0 saturated carbocycles. The third-order valence-electron chi connectivity index (χ3n) is 3.00. The summed E-state index contributed by atoms with van der Waals surface area (Å²) in [7, 11) is -2.09. The molecule has 21 heavy (non-hydrogen) atoms. The van der Waals surface area contributed by atoms with Crippen LogP contribution in [0.25, 0.3) is 0 Å². The van der Waals surface area contributed by atoms with Crippen molar-refractivity contribution in [2.24, 2.45) is 0 Å². The van der Waals surface area contributed by atoms with E-state index >= 15 is 0 Å². The summed E-state index contributed by atoms with van der Waals surface area (Å²) >= 11 is 0. The maximum atomic E-state index is 13.6. The summed E-state index contributed by atoms with van der Waals surface area (Å²) in [5.41, 5.74) is 0.337. The van der Waals surface area contributed by atoms with E-state index in [2.05, 4.69) is 10.0 Å². The molecule has 1 rings (SSSR count). The van der Waals surface area contributed by atoms with Gasteiger partial charge < -0.3 is 10.1 Å². The number of methoxy groups -OCH3 is 1. The molecule has 0 heterocycles. The van der Waals surface area contributed by atoms with Gasteiger partial charge in [-0.25, -0.2) is 17.5 Å². The van der Waals surface area contributed by atoms with E-state index in [0.29, 0.717) is 31.7 Å². The molecule has 1 atom stereocenters. The number of rotatable bonds is 9. The van der Waals surface area contributed by atoms with Crippen LogP contribution in [0.2, 0.25) is 0 Å². The van der Waals surface area contributed by atoms with E-state index in [1.165, 1.54) is 18.2 Å². The van der Waals surface area contributed by atoms with Crippen LogP contribution in [-0.2, 0) is 21.3 Å². The number of sulfonamides is 1. The maximum absolute atomic E-state index is 13.6.